The summed E-state index contributed by atoms with van der Waals surface area (Å²) in [4.78, 5) is 0. The fourth-order valence-electron chi connectivity index (χ4n) is 1.81. The van der Waals surface area contributed by atoms with Gasteiger partial charge >= 0.3 is 0 Å². The zero-order valence-electron chi connectivity index (χ0n) is 9.97. The van der Waals surface area contributed by atoms with Gasteiger partial charge in [0.1, 0.15) is 0 Å². The van der Waals surface area contributed by atoms with Gasteiger partial charge in [0.2, 0.25) is 0 Å². The standard InChI is InChI=1S/C12H27N/c1-5-9-11-13(7-3,8-4)12-10-6-2/h7H,5-6,8-12H2,1-4H3. The fourth-order valence-corrected chi connectivity index (χ4v) is 1.81. The minimum absolute atomic E-state index is 1.22. The van der Waals surface area contributed by atoms with Crippen LogP contribution in [0.5, 0.6) is 0 Å². The highest BCUT2D eigenvalue weighted by Crippen LogP contribution is 2.14. The van der Waals surface area contributed by atoms with Gasteiger partial charge in [-0.15, -0.1) is 13.5 Å². The van der Waals surface area contributed by atoms with Gasteiger partial charge in [0.15, 0.2) is 0 Å². The van der Waals surface area contributed by atoms with Crippen LogP contribution in [-0.2, 0) is 0 Å². The van der Waals surface area contributed by atoms with Crippen LogP contribution >= 0.6 is 0 Å². The summed E-state index contributed by atoms with van der Waals surface area (Å²) < 4.78 is 1.22. The van der Waals surface area contributed by atoms with Crippen molar-refractivity contribution in [1.29, 1.82) is 0 Å². The quantitative estimate of drug-likeness (QED) is 0.400. The number of hydrogen-bond acceptors (Lipinski definition) is 0. The average Bonchev–Trinajstić information content (AvgIpc) is 2.20. The molecule has 0 unspecified atom stereocenters. The molecule has 0 aromatic rings. The zero-order valence-corrected chi connectivity index (χ0v) is 9.97. The van der Waals surface area contributed by atoms with Gasteiger partial charge in [-0.2, -0.15) is 0 Å². The van der Waals surface area contributed by atoms with Gasteiger partial charge in [-0.1, -0.05) is 26.7 Å². The molecule has 0 radical (unpaired) electrons. The van der Waals surface area contributed by atoms with E-state index in [-0.39, 0.29) is 0 Å². The summed E-state index contributed by atoms with van der Waals surface area (Å²) >= 11 is 0. The first-order valence-corrected chi connectivity index (χ1v) is 5.91. The Morgan fingerprint density at radius 2 is 1.38 bits per heavy atom. The monoisotopic (exact) mass is 185 g/mol. The molecule has 0 rings (SSSR count). The maximum atomic E-state index is 2.39. The summed E-state index contributed by atoms with van der Waals surface area (Å²) in [6, 6.07) is 0. The Kier molecular flexibility index (Phi) is 7.35. The first-order chi connectivity index (χ1) is 6.24. The Hall–Kier alpha value is -0.0400. The van der Waals surface area contributed by atoms with Crippen LogP contribution in [0, 0.1) is 6.54 Å². The Morgan fingerprint density at radius 3 is 1.62 bits per heavy atom. The first kappa shape index (κ1) is 13.0. The molecule has 0 fully saturated rings. The highest BCUT2D eigenvalue weighted by Gasteiger charge is 2.13. The van der Waals surface area contributed by atoms with Crippen molar-refractivity contribution >= 4 is 0 Å². The molecule has 0 amide bonds. The van der Waals surface area contributed by atoms with Crippen LogP contribution in [-0.4, -0.2) is 24.1 Å². The molecule has 0 N–H and O–H groups in total. The molecule has 0 saturated carbocycles. The van der Waals surface area contributed by atoms with Crippen molar-refractivity contribution in [3.8, 4) is 0 Å². The van der Waals surface area contributed by atoms with E-state index in [4.69, 9.17) is 0 Å². The van der Waals surface area contributed by atoms with Gasteiger partial charge in [0.25, 0.3) is 0 Å². The highest BCUT2D eigenvalue weighted by molar-refractivity contribution is 4.50. The van der Waals surface area contributed by atoms with Crippen LogP contribution in [0.4, 0.5) is 0 Å². The summed E-state index contributed by atoms with van der Waals surface area (Å²) in [5.41, 5.74) is 0. The van der Waals surface area contributed by atoms with Gasteiger partial charge in [-0.25, -0.2) is 0 Å². The highest BCUT2D eigenvalue weighted by atomic mass is 15.3. The van der Waals surface area contributed by atoms with Gasteiger partial charge < -0.3 is 4.48 Å². The molecule has 0 atom stereocenters. The van der Waals surface area contributed by atoms with Crippen LogP contribution in [0.25, 0.3) is 0 Å². The number of quaternary nitrogens is 1. The average molecular weight is 185 g/mol. The summed E-state index contributed by atoms with van der Waals surface area (Å²) in [6.45, 7) is 15.4. The molecule has 0 aliphatic carbocycles. The largest absolute Gasteiger partial charge is 0.455 e. The van der Waals surface area contributed by atoms with Gasteiger partial charge in [-0.05, 0) is 19.8 Å². The number of nitrogens with zero attached hydrogens (tertiary/aromatic N) is 1. The lowest BCUT2D eigenvalue weighted by Crippen LogP contribution is -2.46. The Bertz CT molecular complexity index is 95.7. The second kappa shape index (κ2) is 7.37. The van der Waals surface area contributed by atoms with Crippen LogP contribution < -0.4 is 0 Å². The first-order valence-electron chi connectivity index (χ1n) is 5.91. The van der Waals surface area contributed by atoms with Crippen molar-refractivity contribution < 1.29 is 4.48 Å². The van der Waals surface area contributed by atoms with Crippen LogP contribution in [0.2, 0.25) is 0 Å². The van der Waals surface area contributed by atoms with Crippen molar-refractivity contribution in [2.75, 3.05) is 19.6 Å². The molecule has 0 aliphatic rings. The van der Waals surface area contributed by atoms with Crippen LogP contribution in [0.1, 0.15) is 53.4 Å². The lowest BCUT2D eigenvalue weighted by Gasteiger charge is -2.46. The molecule has 0 heterocycles. The number of rotatable bonds is 8. The van der Waals surface area contributed by atoms with E-state index in [1.54, 1.807) is 0 Å². The molecule has 80 valence electrons. The third kappa shape index (κ3) is 4.66. The third-order valence-electron chi connectivity index (χ3n) is 3.09. The maximum absolute atomic E-state index is 2.39. The summed E-state index contributed by atoms with van der Waals surface area (Å²) in [5.74, 6) is 0. The molecule has 1 heteroatoms. The Morgan fingerprint density at radius 1 is 0.923 bits per heavy atom. The minimum atomic E-state index is 1.22. The van der Waals surface area contributed by atoms with Crippen molar-refractivity contribution in [2.24, 2.45) is 0 Å². The third-order valence-corrected chi connectivity index (χ3v) is 3.09. The fraction of sp³-hybridized carbons (Fsp3) is 0.917. The number of unbranched alkanes of at least 4 members (excludes halogenated alkanes) is 2. The molecular formula is C12H27N. The van der Waals surface area contributed by atoms with Gasteiger partial charge in [0, 0.05) is 0 Å². The van der Waals surface area contributed by atoms with Crippen molar-refractivity contribution in [1.82, 2.24) is 0 Å². The molecule has 0 bridgehead atoms. The van der Waals surface area contributed by atoms with Gasteiger partial charge in [-0.3, -0.25) is 0 Å². The Balaban J connectivity index is 3.97. The zero-order chi connectivity index (χ0) is 10.2. The van der Waals surface area contributed by atoms with E-state index in [1.807, 2.05) is 0 Å². The smallest absolute Gasteiger partial charge is 0.0546 e. The predicted molar refractivity (Wildman–Crippen MR) is 60.3 cm³/mol. The van der Waals surface area contributed by atoms with E-state index >= 15 is 0 Å². The van der Waals surface area contributed by atoms with E-state index in [0.29, 0.717) is 0 Å². The minimum Gasteiger partial charge on any atom is -0.455 e. The molecule has 0 aliphatic heterocycles. The van der Waals surface area contributed by atoms with Gasteiger partial charge in [0.05, 0.1) is 19.6 Å². The lowest BCUT2D eigenvalue weighted by molar-refractivity contribution is -0.898. The van der Waals surface area contributed by atoms with Crippen molar-refractivity contribution in [2.45, 2.75) is 53.4 Å². The molecule has 13 heavy (non-hydrogen) atoms. The van der Waals surface area contributed by atoms with Crippen LogP contribution in [0.15, 0.2) is 0 Å². The second-order valence-electron chi connectivity index (χ2n) is 3.95. The summed E-state index contributed by atoms with van der Waals surface area (Å²) in [6.07, 6.45) is 5.36. The SMILES string of the molecule is C[CH-][N+](CC)(CCCC)CCCC. The van der Waals surface area contributed by atoms with Crippen LogP contribution in [0.3, 0.4) is 0 Å². The molecule has 0 spiro atoms. The van der Waals surface area contributed by atoms with E-state index < -0.39 is 0 Å². The normalized spacial score (nSPS) is 12.0. The summed E-state index contributed by atoms with van der Waals surface area (Å²) in [5, 5.41) is 0. The van der Waals surface area contributed by atoms with E-state index in [2.05, 4.69) is 34.2 Å². The molecule has 1 nitrogen and oxygen atoms in total. The number of hydrogen-bond donors (Lipinski definition) is 0. The lowest BCUT2D eigenvalue weighted by atomic mass is 10.2. The molecule has 0 saturated heterocycles. The topological polar surface area (TPSA) is 0 Å². The van der Waals surface area contributed by atoms with Crippen molar-refractivity contribution in [3.63, 3.8) is 0 Å². The van der Waals surface area contributed by atoms with E-state index in [9.17, 15) is 0 Å². The second-order valence-corrected chi connectivity index (χ2v) is 3.95. The van der Waals surface area contributed by atoms with E-state index in [0.717, 1.165) is 0 Å². The van der Waals surface area contributed by atoms with Crippen molar-refractivity contribution in [3.05, 3.63) is 6.54 Å². The maximum Gasteiger partial charge on any atom is 0.0546 e. The van der Waals surface area contributed by atoms with E-state index in [1.165, 1.54) is 49.8 Å². The summed E-state index contributed by atoms with van der Waals surface area (Å²) in [7, 11) is 0. The molecule has 0 aromatic carbocycles. The molecule has 0 aromatic heterocycles. The Labute approximate surface area is 84.7 Å². The molecular weight excluding hydrogens is 158 g/mol. The predicted octanol–water partition coefficient (Wildman–Crippen LogP) is 3.60.